The molecule has 88 valence electrons. The van der Waals surface area contributed by atoms with E-state index in [1.807, 2.05) is 17.2 Å². The molecule has 2 rings (SSSR count). The van der Waals surface area contributed by atoms with E-state index in [0.29, 0.717) is 19.7 Å². The zero-order chi connectivity index (χ0) is 11.5. The largest absolute Gasteiger partial charge is 0.480 e. The van der Waals surface area contributed by atoms with Crippen LogP contribution in [0.2, 0.25) is 0 Å². The molecule has 1 saturated heterocycles. The highest BCUT2D eigenvalue weighted by Crippen LogP contribution is 2.14. The van der Waals surface area contributed by atoms with Crippen molar-refractivity contribution >= 4 is 17.3 Å². The average Bonchev–Trinajstić information content (AvgIpc) is 2.64. The summed E-state index contributed by atoms with van der Waals surface area (Å²) >= 11 is 1.59. The van der Waals surface area contributed by atoms with Crippen molar-refractivity contribution in [3.05, 3.63) is 16.1 Å². The van der Waals surface area contributed by atoms with Crippen LogP contribution in [0.1, 0.15) is 10.7 Å². The third kappa shape index (κ3) is 2.58. The number of carboxylic acids is 1. The molecular formula is C10H14N2O3S. The highest BCUT2D eigenvalue weighted by molar-refractivity contribution is 7.09. The number of aromatic nitrogens is 1. The maximum absolute atomic E-state index is 11.0. The number of rotatable bonds is 3. The number of aryl methyl sites for hydroxylation is 1. The van der Waals surface area contributed by atoms with Gasteiger partial charge in [0.05, 0.1) is 23.9 Å². The van der Waals surface area contributed by atoms with Crippen molar-refractivity contribution in [3.8, 4) is 0 Å². The van der Waals surface area contributed by atoms with Gasteiger partial charge in [-0.3, -0.25) is 9.69 Å². The lowest BCUT2D eigenvalue weighted by Crippen LogP contribution is -2.49. The quantitative estimate of drug-likeness (QED) is 0.847. The highest BCUT2D eigenvalue weighted by atomic mass is 32.1. The van der Waals surface area contributed by atoms with Gasteiger partial charge in [-0.05, 0) is 6.92 Å². The second-order valence-electron chi connectivity index (χ2n) is 3.76. The normalized spacial score (nSPS) is 22.2. The van der Waals surface area contributed by atoms with Crippen molar-refractivity contribution in [1.82, 2.24) is 9.88 Å². The first-order valence-corrected chi connectivity index (χ1v) is 6.00. The van der Waals surface area contributed by atoms with Crippen LogP contribution >= 0.6 is 11.3 Å². The van der Waals surface area contributed by atoms with Crippen molar-refractivity contribution in [2.45, 2.75) is 19.5 Å². The number of ether oxygens (including phenoxy) is 1. The van der Waals surface area contributed by atoms with Gasteiger partial charge in [-0.2, -0.15) is 0 Å². The van der Waals surface area contributed by atoms with Crippen LogP contribution in [0.3, 0.4) is 0 Å². The smallest absolute Gasteiger partial charge is 0.323 e. The first kappa shape index (κ1) is 11.5. The van der Waals surface area contributed by atoms with Crippen LogP contribution < -0.4 is 0 Å². The fourth-order valence-corrected chi connectivity index (χ4v) is 2.35. The van der Waals surface area contributed by atoms with E-state index in [-0.39, 0.29) is 6.61 Å². The number of carbonyl (C=O) groups is 1. The molecule has 0 spiro atoms. The molecule has 0 bridgehead atoms. The zero-order valence-corrected chi connectivity index (χ0v) is 9.87. The molecule has 0 aliphatic carbocycles. The summed E-state index contributed by atoms with van der Waals surface area (Å²) in [6, 6.07) is -0.546. The van der Waals surface area contributed by atoms with E-state index in [2.05, 4.69) is 4.98 Å². The van der Waals surface area contributed by atoms with Gasteiger partial charge in [-0.1, -0.05) is 0 Å². The second kappa shape index (κ2) is 4.90. The van der Waals surface area contributed by atoms with Gasteiger partial charge in [-0.25, -0.2) is 4.98 Å². The van der Waals surface area contributed by atoms with Crippen molar-refractivity contribution in [2.24, 2.45) is 0 Å². The number of aliphatic carboxylic acids is 1. The Morgan fingerprint density at radius 3 is 3.25 bits per heavy atom. The number of nitrogens with zero attached hydrogens (tertiary/aromatic N) is 2. The molecule has 2 heterocycles. The first-order chi connectivity index (χ1) is 7.66. The predicted octanol–water partition coefficient (Wildman–Crippen LogP) is 0.737. The molecule has 1 unspecified atom stereocenters. The summed E-state index contributed by atoms with van der Waals surface area (Å²) in [6.07, 6.45) is 0. The molecule has 16 heavy (non-hydrogen) atoms. The van der Waals surface area contributed by atoms with Crippen LogP contribution in [-0.2, 0) is 16.1 Å². The summed E-state index contributed by atoms with van der Waals surface area (Å²) in [5.74, 6) is -0.827. The molecule has 1 aliphatic heterocycles. The molecule has 1 atom stereocenters. The number of thiazole rings is 1. The molecule has 0 saturated carbocycles. The molecule has 1 aromatic rings. The Balaban J connectivity index is 2.03. The Bertz CT molecular complexity index is 380. The van der Waals surface area contributed by atoms with Crippen molar-refractivity contribution in [1.29, 1.82) is 0 Å². The standard InChI is InChI=1S/C10H14N2O3S/c1-7-11-8(6-16-7)4-12-2-3-15-5-9(12)10(13)14/h6,9H,2-5H2,1H3,(H,13,14). The van der Waals surface area contributed by atoms with Crippen LogP contribution in [0.25, 0.3) is 0 Å². The summed E-state index contributed by atoms with van der Waals surface area (Å²) < 4.78 is 5.18. The zero-order valence-electron chi connectivity index (χ0n) is 9.05. The van der Waals surface area contributed by atoms with Crippen LogP contribution in [0.4, 0.5) is 0 Å². The maximum atomic E-state index is 11.0. The van der Waals surface area contributed by atoms with E-state index in [4.69, 9.17) is 9.84 Å². The minimum atomic E-state index is -0.827. The van der Waals surface area contributed by atoms with Gasteiger partial charge in [0, 0.05) is 18.5 Å². The van der Waals surface area contributed by atoms with E-state index < -0.39 is 12.0 Å². The Kier molecular flexibility index (Phi) is 3.52. The maximum Gasteiger partial charge on any atom is 0.323 e. The van der Waals surface area contributed by atoms with Gasteiger partial charge >= 0.3 is 5.97 Å². The molecule has 1 fully saturated rings. The van der Waals surface area contributed by atoms with Gasteiger partial charge in [-0.15, -0.1) is 11.3 Å². The van der Waals surface area contributed by atoms with Gasteiger partial charge < -0.3 is 9.84 Å². The highest BCUT2D eigenvalue weighted by Gasteiger charge is 2.29. The molecule has 1 aliphatic rings. The third-order valence-electron chi connectivity index (χ3n) is 2.56. The topological polar surface area (TPSA) is 62.7 Å². The molecule has 1 N–H and O–H groups in total. The van der Waals surface area contributed by atoms with E-state index >= 15 is 0 Å². The van der Waals surface area contributed by atoms with Crippen LogP contribution in [0.5, 0.6) is 0 Å². The van der Waals surface area contributed by atoms with Crippen molar-refractivity contribution < 1.29 is 14.6 Å². The SMILES string of the molecule is Cc1nc(CN2CCOCC2C(=O)O)cs1. The van der Waals surface area contributed by atoms with Crippen LogP contribution in [-0.4, -0.2) is 46.8 Å². The van der Waals surface area contributed by atoms with Gasteiger partial charge in [0.15, 0.2) is 0 Å². The molecule has 6 heteroatoms. The fourth-order valence-electron chi connectivity index (χ4n) is 1.74. The minimum Gasteiger partial charge on any atom is -0.480 e. The first-order valence-electron chi connectivity index (χ1n) is 5.12. The van der Waals surface area contributed by atoms with Crippen LogP contribution in [0, 0.1) is 6.92 Å². The monoisotopic (exact) mass is 242 g/mol. The summed E-state index contributed by atoms with van der Waals surface area (Å²) in [4.78, 5) is 17.3. The Morgan fingerprint density at radius 1 is 1.81 bits per heavy atom. The molecular weight excluding hydrogens is 228 g/mol. The van der Waals surface area contributed by atoms with Crippen molar-refractivity contribution in [3.63, 3.8) is 0 Å². The summed E-state index contributed by atoms with van der Waals surface area (Å²) in [5.41, 5.74) is 0.940. The average molecular weight is 242 g/mol. The van der Waals surface area contributed by atoms with Crippen LogP contribution in [0.15, 0.2) is 5.38 Å². The van der Waals surface area contributed by atoms with E-state index in [9.17, 15) is 4.79 Å². The lowest BCUT2D eigenvalue weighted by Gasteiger charge is -2.32. The van der Waals surface area contributed by atoms with E-state index in [0.717, 1.165) is 10.7 Å². The van der Waals surface area contributed by atoms with Gasteiger partial charge in [0.25, 0.3) is 0 Å². The Morgan fingerprint density at radius 2 is 2.62 bits per heavy atom. The lowest BCUT2D eigenvalue weighted by molar-refractivity contribution is -0.150. The fraction of sp³-hybridized carbons (Fsp3) is 0.600. The number of morpholine rings is 1. The third-order valence-corrected chi connectivity index (χ3v) is 3.38. The molecule has 1 aromatic heterocycles. The van der Waals surface area contributed by atoms with Crippen molar-refractivity contribution in [2.75, 3.05) is 19.8 Å². The number of hydrogen-bond acceptors (Lipinski definition) is 5. The van der Waals surface area contributed by atoms with Gasteiger partial charge in [0.2, 0.25) is 0 Å². The number of carboxylic acid groups (broad SMARTS) is 1. The van der Waals surface area contributed by atoms with E-state index in [1.54, 1.807) is 11.3 Å². The Labute approximate surface area is 97.7 Å². The molecule has 0 amide bonds. The molecule has 0 aromatic carbocycles. The summed E-state index contributed by atoms with van der Waals surface area (Å²) in [6.45, 7) is 4.03. The second-order valence-corrected chi connectivity index (χ2v) is 4.82. The molecule has 0 radical (unpaired) electrons. The minimum absolute atomic E-state index is 0.262. The lowest BCUT2D eigenvalue weighted by atomic mass is 10.2. The predicted molar refractivity (Wildman–Crippen MR) is 59.5 cm³/mol. The van der Waals surface area contributed by atoms with E-state index in [1.165, 1.54) is 0 Å². The molecule has 5 nitrogen and oxygen atoms in total. The summed E-state index contributed by atoms with van der Waals surface area (Å²) in [7, 11) is 0. The summed E-state index contributed by atoms with van der Waals surface area (Å²) in [5, 5.41) is 12.0. The Hall–Kier alpha value is -0.980. The number of hydrogen-bond donors (Lipinski definition) is 1. The van der Waals surface area contributed by atoms with Gasteiger partial charge in [0.1, 0.15) is 6.04 Å².